The topological polar surface area (TPSA) is 40.9 Å². The van der Waals surface area contributed by atoms with Crippen LogP contribution in [0.4, 0.5) is 5.69 Å². The Balaban J connectivity index is 1.63. The first kappa shape index (κ1) is 15.4. The van der Waals surface area contributed by atoms with E-state index in [1.807, 2.05) is 12.3 Å². The number of aromatic nitrogens is 2. The first-order valence-corrected chi connectivity index (χ1v) is 8.98. The second-order valence-electron chi connectivity index (χ2n) is 6.34. The molecule has 24 heavy (non-hydrogen) atoms. The first-order chi connectivity index (χ1) is 11.6. The second kappa shape index (κ2) is 6.03. The van der Waals surface area contributed by atoms with Crippen LogP contribution in [0, 0.1) is 6.92 Å². The van der Waals surface area contributed by atoms with Crippen LogP contribution in [0.3, 0.4) is 0 Å². The standard InChI is InChI=1S/C18H20N4OS/c1-13-12-24-18-19-15(9-17(23)22(13)18)11-21-8-7-20(2)16-6-4-3-5-14(16)10-21/h3-6,9,12H,7-8,10-11H2,1-2H3. The van der Waals surface area contributed by atoms with E-state index in [2.05, 4.69) is 46.1 Å². The molecular formula is C18H20N4OS. The third-order valence-corrected chi connectivity index (χ3v) is 5.51. The first-order valence-electron chi connectivity index (χ1n) is 8.10. The summed E-state index contributed by atoms with van der Waals surface area (Å²) in [6.45, 7) is 5.44. The molecule has 0 amide bonds. The number of likely N-dealkylation sites (N-methyl/N-ethyl adjacent to an activating group) is 1. The molecule has 0 atom stereocenters. The average Bonchev–Trinajstić information content (AvgIpc) is 2.86. The second-order valence-corrected chi connectivity index (χ2v) is 7.18. The molecule has 4 rings (SSSR count). The zero-order valence-corrected chi connectivity index (χ0v) is 14.7. The van der Waals surface area contributed by atoms with E-state index < -0.39 is 0 Å². The molecule has 0 N–H and O–H groups in total. The molecule has 0 fully saturated rings. The summed E-state index contributed by atoms with van der Waals surface area (Å²) in [6.07, 6.45) is 0. The molecule has 0 saturated carbocycles. The smallest absolute Gasteiger partial charge is 0.259 e. The van der Waals surface area contributed by atoms with Crippen molar-refractivity contribution in [1.82, 2.24) is 14.3 Å². The van der Waals surface area contributed by atoms with Gasteiger partial charge in [0.25, 0.3) is 5.56 Å². The van der Waals surface area contributed by atoms with Crippen molar-refractivity contribution in [1.29, 1.82) is 0 Å². The number of hydrogen-bond acceptors (Lipinski definition) is 5. The van der Waals surface area contributed by atoms with Crippen molar-refractivity contribution in [3.05, 3.63) is 63.0 Å². The molecule has 5 nitrogen and oxygen atoms in total. The number of rotatable bonds is 2. The highest BCUT2D eigenvalue weighted by Crippen LogP contribution is 2.24. The number of nitrogens with zero attached hydrogens (tertiary/aromatic N) is 4. The van der Waals surface area contributed by atoms with Crippen molar-refractivity contribution in [3.8, 4) is 0 Å². The van der Waals surface area contributed by atoms with Crippen molar-refractivity contribution in [3.63, 3.8) is 0 Å². The summed E-state index contributed by atoms with van der Waals surface area (Å²) in [4.78, 5) is 22.5. The Hall–Kier alpha value is -2.18. The van der Waals surface area contributed by atoms with Crippen LogP contribution in [0.1, 0.15) is 17.0 Å². The highest BCUT2D eigenvalue weighted by Gasteiger charge is 2.18. The largest absolute Gasteiger partial charge is 0.373 e. The molecule has 0 saturated heterocycles. The highest BCUT2D eigenvalue weighted by molar-refractivity contribution is 7.15. The fourth-order valence-corrected chi connectivity index (χ4v) is 4.19. The van der Waals surface area contributed by atoms with Gasteiger partial charge in [0.1, 0.15) is 0 Å². The number of thiazole rings is 1. The van der Waals surface area contributed by atoms with E-state index in [9.17, 15) is 4.79 Å². The monoisotopic (exact) mass is 340 g/mol. The molecule has 0 bridgehead atoms. The van der Waals surface area contributed by atoms with E-state index in [0.717, 1.165) is 36.0 Å². The van der Waals surface area contributed by atoms with Gasteiger partial charge in [0, 0.05) is 56.1 Å². The maximum atomic E-state index is 12.3. The van der Waals surface area contributed by atoms with Crippen LogP contribution in [0.5, 0.6) is 0 Å². The minimum absolute atomic E-state index is 0.0149. The molecule has 0 radical (unpaired) electrons. The minimum Gasteiger partial charge on any atom is -0.373 e. The molecule has 1 aromatic carbocycles. The number of para-hydroxylation sites is 1. The normalized spacial score (nSPS) is 15.5. The van der Waals surface area contributed by atoms with E-state index in [1.165, 1.54) is 22.6 Å². The molecule has 1 aliphatic heterocycles. The zero-order valence-electron chi connectivity index (χ0n) is 13.9. The van der Waals surface area contributed by atoms with Crippen LogP contribution >= 0.6 is 11.3 Å². The van der Waals surface area contributed by atoms with E-state index in [1.54, 1.807) is 10.5 Å². The minimum atomic E-state index is 0.0149. The molecule has 3 aromatic rings. The van der Waals surface area contributed by atoms with Crippen LogP contribution in [0.15, 0.2) is 40.5 Å². The number of benzene rings is 1. The van der Waals surface area contributed by atoms with Crippen LogP contribution in [0.2, 0.25) is 0 Å². The summed E-state index contributed by atoms with van der Waals surface area (Å²) >= 11 is 1.52. The number of aryl methyl sites for hydroxylation is 1. The Bertz CT molecular complexity index is 946. The fraction of sp³-hybridized carbons (Fsp3) is 0.333. The Morgan fingerprint density at radius 2 is 2.08 bits per heavy atom. The molecule has 124 valence electrons. The van der Waals surface area contributed by atoms with Gasteiger partial charge in [0.2, 0.25) is 0 Å². The summed E-state index contributed by atoms with van der Waals surface area (Å²) in [5.41, 5.74) is 4.42. The van der Waals surface area contributed by atoms with Gasteiger partial charge in [0.05, 0.1) is 5.69 Å². The van der Waals surface area contributed by atoms with Gasteiger partial charge in [-0.05, 0) is 18.6 Å². The van der Waals surface area contributed by atoms with Gasteiger partial charge in [-0.3, -0.25) is 14.1 Å². The van der Waals surface area contributed by atoms with Crippen molar-refractivity contribution >= 4 is 22.0 Å². The molecule has 6 heteroatoms. The van der Waals surface area contributed by atoms with E-state index in [-0.39, 0.29) is 5.56 Å². The van der Waals surface area contributed by atoms with Gasteiger partial charge in [0.15, 0.2) is 4.96 Å². The van der Waals surface area contributed by atoms with Crippen molar-refractivity contribution in [2.75, 3.05) is 25.0 Å². The lowest BCUT2D eigenvalue weighted by molar-refractivity contribution is 0.266. The molecule has 1 aliphatic rings. The van der Waals surface area contributed by atoms with Gasteiger partial charge in [-0.2, -0.15) is 0 Å². The molecule has 0 spiro atoms. The van der Waals surface area contributed by atoms with E-state index >= 15 is 0 Å². The summed E-state index contributed by atoms with van der Waals surface area (Å²) in [5.74, 6) is 0. The SMILES string of the molecule is Cc1csc2nc(CN3CCN(C)c4ccccc4C3)cc(=O)n12. The van der Waals surface area contributed by atoms with Gasteiger partial charge >= 0.3 is 0 Å². The molecule has 0 unspecified atom stereocenters. The van der Waals surface area contributed by atoms with Gasteiger partial charge in [-0.1, -0.05) is 18.2 Å². The molecule has 0 aliphatic carbocycles. The third kappa shape index (κ3) is 2.72. The number of hydrogen-bond donors (Lipinski definition) is 0. The van der Waals surface area contributed by atoms with Crippen molar-refractivity contribution < 1.29 is 0 Å². The maximum absolute atomic E-state index is 12.3. The molecule has 2 aromatic heterocycles. The van der Waals surface area contributed by atoms with Gasteiger partial charge < -0.3 is 4.90 Å². The van der Waals surface area contributed by atoms with E-state index in [4.69, 9.17) is 0 Å². The highest BCUT2D eigenvalue weighted by atomic mass is 32.1. The Kier molecular flexibility index (Phi) is 3.86. The Morgan fingerprint density at radius 3 is 2.96 bits per heavy atom. The van der Waals surface area contributed by atoms with Crippen LogP contribution in [0.25, 0.3) is 4.96 Å². The van der Waals surface area contributed by atoms with Crippen molar-refractivity contribution in [2.24, 2.45) is 0 Å². The number of fused-ring (bicyclic) bond motifs is 2. The van der Waals surface area contributed by atoms with E-state index in [0.29, 0.717) is 6.54 Å². The summed E-state index contributed by atoms with van der Waals surface area (Å²) < 4.78 is 1.68. The zero-order chi connectivity index (χ0) is 16.7. The maximum Gasteiger partial charge on any atom is 0.259 e. The quantitative estimate of drug-likeness (QED) is 0.719. The summed E-state index contributed by atoms with van der Waals surface area (Å²) in [7, 11) is 2.13. The van der Waals surface area contributed by atoms with Crippen LogP contribution < -0.4 is 10.5 Å². The average molecular weight is 340 g/mol. The Morgan fingerprint density at radius 1 is 1.25 bits per heavy atom. The number of anilines is 1. The van der Waals surface area contributed by atoms with Crippen LogP contribution in [-0.2, 0) is 13.1 Å². The summed E-state index contributed by atoms with van der Waals surface area (Å²) in [6, 6.07) is 10.2. The Labute approximate surface area is 144 Å². The predicted molar refractivity (Wildman–Crippen MR) is 97.9 cm³/mol. The van der Waals surface area contributed by atoms with Crippen molar-refractivity contribution in [2.45, 2.75) is 20.0 Å². The van der Waals surface area contributed by atoms with Crippen LogP contribution in [-0.4, -0.2) is 34.4 Å². The summed E-state index contributed by atoms with van der Waals surface area (Å²) in [5, 5.41) is 1.98. The lowest BCUT2D eigenvalue weighted by Gasteiger charge is -2.20. The molecule has 3 heterocycles. The molecular weight excluding hydrogens is 320 g/mol. The van der Waals surface area contributed by atoms with Gasteiger partial charge in [-0.25, -0.2) is 4.98 Å². The lowest BCUT2D eigenvalue weighted by atomic mass is 10.1. The predicted octanol–water partition coefficient (Wildman–Crippen LogP) is 2.52. The fourth-order valence-electron chi connectivity index (χ4n) is 3.29. The third-order valence-electron chi connectivity index (χ3n) is 4.56. The van der Waals surface area contributed by atoms with Gasteiger partial charge in [-0.15, -0.1) is 11.3 Å². The lowest BCUT2D eigenvalue weighted by Crippen LogP contribution is -2.29.